The third kappa shape index (κ3) is 6.88. The zero-order chi connectivity index (χ0) is 24.0. The number of hydrogen-bond donors (Lipinski definition) is 2. The van der Waals surface area contributed by atoms with E-state index in [1.807, 2.05) is 6.92 Å². The molecule has 10 heteroatoms. The van der Waals surface area contributed by atoms with Gasteiger partial charge in [-0.25, -0.2) is 13.8 Å². The van der Waals surface area contributed by atoms with Crippen molar-refractivity contribution in [3.63, 3.8) is 0 Å². The van der Waals surface area contributed by atoms with Crippen LogP contribution in [0.4, 0.5) is 0 Å². The first-order chi connectivity index (χ1) is 15.6. The van der Waals surface area contributed by atoms with Crippen LogP contribution < -0.4 is 5.43 Å². The molecule has 0 heterocycles. The topological polar surface area (TPSA) is 99.1 Å². The van der Waals surface area contributed by atoms with Crippen molar-refractivity contribution in [1.82, 2.24) is 9.73 Å². The van der Waals surface area contributed by atoms with Crippen LogP contribution in [0.25, 0.3) is 0 Å². The van der Waals surface area contributed by atoms with Crippen LogP contribution in [-0.2, 0) is 21.4 Å². The number of carbonyl (C=O) groups excluding carboxylic acids is 1. The Labute approximate surface area is 205 Å². The Bertz CT molecular complexity index is 1260. The molecule has 3 rings (SSSR count). The van der Waals surface area contributed by atoms with Gasteiger partial charge in [0.15, 0.2) is 0 Å². The number of carbonyl (C=O) groups is 1. The number of sulfonamides is 1. The van der Waals surface area contributed by atoms with Gasteiger partial charge in [0.05, 0.1) is 17.7 Å². The molecule has 0 fully saturated rings. The largest absolute Gasteiger partial charge is 0.507 e. The number of halogens is 2. The highest BCUT2D eigenvalue weighted by molar-refractivity contribution is 9.10. The second kappa shape index (κ2) is 10.9. The minimum absolute atomic E-state index is 0.0116. The second-order valence-electron chi connectivity index (χ2n) is 7.21. The van der Waals surface area contributed by atoms with E-state index in [0.717, 1.165) is 14.3 Å². The van der Waals surface area contributed by atoms with E-state index in [2.05, 4.69) is 26.5 Å². The molecule has 0 radical (unpaired) electrons. The van der Waals surface area contributed by atoms with Crippen molar-refractivity contribution in [3.05, 3.63) is 92.9 Å². The van der Waals surface area contributed by atoms with Crippen LogP contribution in [-0.4, -0.2) is 36.5 Å². The predicted octanol–water partition coefficient (Wildman–Crippen LogP) is 4.46. The smallest absolute Gasteiger partial charge is 0.255 e. The second-order valence-corrected chi connectivity index (χ2v) is 10.5. The van der Waals surface area contributed by atoms with Gasteiger partial charge >= 0.3 is 0 Å². The van der Waals surface area contributed by atoms with Gasteiger partial charge in [0.1, 0.15) is 5.75 Å². The summed E-state index contributed by atoms with van der Waals surface area (Å²) in [7, 11) is -3.97. The minimum atomic E-state index is -3.97. The average Bonchev–Trinajstić information content (AvgIpc) is 2.77. The van der Waals surface area contributed by atoms with Crippen LogP contribution in [0.15, 0.2) is 81.2 Å². The number of phenols is 1. The highest BCUT2D eigenvalue weighted by Gasteiger charge is 2.27. The van der Waals surface area contributed by atoms with E-state index in [4.69, 9.17) is 11.6 Å². The summed E-state index contributed by atoms with van der Waals surface area (Å²) in [4.78, 5) is 12.6. The fourth-order valence-electron chi connectivity index (χ4n) is 2.88. The number of nitrogens with zero attached hydrogens (tertiary/aromatic N) is 2. The molecule has 0 saturated heterocycles. The summed E-state index contributed by atoms with van der Waals surface area (Å²) in [5.41, 5.74) is 4.29. The number of phenolic OH excluding ortho intramolecular Hbond substituents is 1. The van der Waals surface area contributed by atoms with Gasteiger partial charge in [-0.2, -0.15) is 9.41 Å². The van der Waals surface area contributed by atoms with Crippen LogP contribution in [0, 0.1) is 6.92 Å². The Morgan fingerprint density at radius 3 is 2.45 bits per heavy atom. The third-order valence-electron chi connectivity index (χ3n) is 4.63. The average molecular weight is 551 g/mol. The molecule has 1 amide bonds. The van der Waals surface area contributed by atoms with Crippen LogP contribution in [0.5, 0.6) is 5.75 Å². The SMILES string of the molecule is Cc1ccc(S(=O)(=O)N(CC(=O)N/N=C\c2cc(Br)ccc2O)Cc2ccc(Cl)cc2)cc1. The Morgan fingerprint density at radius 2 is 1.79 bits per heavy atom. The van der Waals surface area contributed by atoms with Gasteiger partial charge in [-0.3, -0.25) is 4.79 Å². The van der Waals surface area contributed by atoms with Crippen LogP contribution in [0.3, 0.4) is 0 Å². The zero-order valence-electron chi connectivity index (χ0n) is 17.6. The molecule has 0 bridgehead atoms. The van der Waals surface area contributed by atoms with Gasteiger partial charge in [0.2, 0.25) is 10.0 Å². The van der Waals surface area contributed by atoms with E-state index < -0.39 is 22.5 Å². The van der Waals surface area contributed by atoms with Crippen molar-refractivity contribution in [2.45, 2.75) is 18.4 Å². The van der Waals surface area contributed by atoms with Crippen LogP contribution >= 0.6 is 27.5 Å². The Kier molecular flexibility index (Phi) is 8.25. The number of hydrazone groups is 1. The summed E-state index contributed by atoms with van der Waals surface area (Å²) < 4.78 is 28.3. The molecule has 0 aliphatic carbocycles. The lowest BCUT2D eigenvalue weighted by atomic mass is 10.2. The first-order valence-corrected chi connectivity index (χ1v) is 12.4. The maximum atomic E-state index is 13.3. The highest BCUT2D eigenvalue weighted by Crippen LogP contribution is 2.21. The molecule has 2 N–H and O–H groups in total. The first kappa shape index (κ1) is 24.9. The van der Waals surface area contributed by atoms with Crippen LogP contribution in [0.2, 0.25) is 5.02 Å². The van der Waals surface area contributed by atoms with E-state index in [-0.39, 0.29) is 17.2 Å². The summed E-state index contributed by atoms with van der Waals surface area (Å²) in [5, 5.41) is 14.2. The van der Waals surface area contributed by atoms with E-state index in [9.17, 15) is 18.3 Å². The number of hydrogen-bond acceptors (Lipinski definition) is 5. The van der Waals surface area contributed by atoms with E-state index in [1.54, 1.807) is 48.5 Å². The predicted molar refractivity (Wildman–Crippen MR) is 132 cm³/mol. The minimum Gasteiger partial charge on any atom is -0.507 e. The maximum absolute atomic E-state index is 13.3. The molecule has 33 heavy (non-hydrogen) atoms. The van der Waals surface area contributed by atoms with Crippen molar-refractivity contribution in [2.75, 3.05) is 6.54 Å². The number of nitrogens with one attached hydrogen (secondary N) is 1. The molecule has 0 unspecified atom stereocenters. The number of benzene rings is 3. The van der Waals surface area contributed by atoms with Crippen LogP contribution in [0.1, 0.15) is 16.7 Å². The molecule has 3 aromatic carbocycles. The zero-order valence-corrected chi connectivity index (χ0v) is 20.7. The maximum Gasteiger partial charge on any atom is 0.255 e. The number of aromatic hydroxyl groups is 1. The fourth-order valence-corrected chi connectivity index (χ4v) is 4.77. The van der Waals surface area contributed by atoms with Gasteiger partial charge in [-0.15, -0.1) is 0 Å². The Hall–Kier alpha value is -2.72. The lowest BCUT2D eigenvalue weighted by Gasteiger charge is -2.21. The van der Waals surface area contributed by atoms with Gasteiger partial charge < -0.3 is 5.11 Å². The molecule has 0 saturated carbocycles. The van der Waals surface area contributed by atoms with E-state index >= 15 is 0 Å². The molecule has 0 aliphatic heterocycles. The van der Waals surface area contributed by atoms with Gasteiger partial charge in [0, 0.05) is 21.6 Å². The molecule has 3 aromatic rings. The summed E-state index contributed by atoms with van der Waals surface area (Å²) >= 11 is 9.22. The quantitative estimate of drug-likeness (QED) is 0.320. The van der Waals surface area contributed by atoms with Gasteiger partial charge in [0.25, 0.3) is 5.91 Å². The number of rotatable bonds is 8. The summed E-state index contributed by atoms with van der Waals surface area (Å²) in [5.74, 6) is -0.645. The molecular formula is C23H21BrClN3O4S. The summed E-state index contributed by atoms with van der Waals surface area (Å²) in [6, 6.07) is 17.9. The number of aryl methyl sites for hydroxylation is 1. The lowest BCUT2D eigenvalue weighted by Crippen LogP contribution is -2.39. The molecule has 0 aliphatic rings. The van der Waals surface area contributed by atoms with E-state index in [0.29, 0.717) is 16.1 Å². The number of amides is 1. The molecule has 0 aromatic heterocycles. The monoisotopic (exact) mass is 549 g/mol. The summed E-state index contributed by atoms with van der Waals surface area (Å²) in [6.07, 6.45) is 1.27. The van der Waals surface area contributed by atoms with Crippen molar-refractivity contribution >= 4 is 49.7 Å². The Morgan fingerprint density at radius 1 is 1.12 bits per heavy atom. The Balaban J connectivity index is 1.80. The van der Waals surface area contributed by atoms with Crippen molar-refractivity contribution in [1.29, 1.82) is 0 Å². The fraction of sp³-hybridized carbons (Fsp3) is 0.130. The van der Waals surface area contributed by atoms with Gasteiger partial charge in [-0.05, 0) is 55.0 Å². The molecule has 0 spiro atoms. The summed E-state index contributed by atoms with van der Waals surface area (Å²) in [6.45, 7) is 1.37. The van der Waals surface area contributed by atoms with Crippen molar-refractivity contribution in [2.24, 2.45) is 5.10 Å². The van der Waals surface area contributed by atoms with Crippen molar-refractivity contribution < 1.29 is 18.3 Å². The normalized spacial score (nSPS) is 11.8. The molecule has 172 valence electrons. The molecule has 0 atom stereocenters. The molecular weight excluding hydrogens is 530 g/mol. The lowest BCUT2D eigenvalue weighted by molar-refractivity contribution is -0.121. The standard InChI is InChI=1S/C23H21BrClN3O4S/c1-16-2-9-21(10-3-16)33(31,32)28(14-17-4-7-20(25)8-5-17)15-23(30)27-26-13-18-12-19(24)6-11-22(18)29/h2-13,29H,14-15H2,1H3,(H,27,30)/b26-13-. The van der Waals surface area contributed by atoms with Crippen molar-refractivity contribution in [3.8, 4) is 5.75 Å². The third-order valence-corrected chi connectivity index (χ3v) is 7.18. The molecule has 7 nitrogen and oxygen atoms in total. The highest BCUT2D eigenvalue weighted by atomic mass is 79.9. The van der Waals surface area contributed by atoms with Gasteiger partial charge in [-0.1, -0.05) is 57.4 Å². The first-order valence-electron chi connectivity index (χ1n) is 9.77. The van der Waals surface area contributed by atoms with E-state index in [1.165, 1.54) is 24.4 Å².